The van der Waals surface area contributed by atoms with E-state index in [0.29, 0.717) is 53.8 Å². The van der Waals surface area contributed by atoms with Crippen LogP contribution in [-0.2, 0) is 4.74 Å². The molecule has 0 bridgehead atoms. The van der Waals surface area contributed by atoms with Gasteiger partial charge in [-0.1, -0.05) is 23.7 Å². The Hall–Kier alpha value is -2.80. The second kappa shape index (κ2) is 6.76. The van der Waals surface area contributed by atoms with E-state index in [2.05, 4.69) is 17.1 Å². The van der Waals surface area contributed by atoms with E-state index in [0.717, 1.165) is 0 Å². The van der Waals surface area contributed by atoms with E-state index in [9.17, 15) is 10.5 Å². The first-order valence-electron chi connectivity index (χ1n) is 7.38. The van der Waals surface area contributed by atoms with Crippen LogP contribution in [0.4, 0.5) is 11.6 Å². The Kier molecular flexibility index (Phi) is 4.52. The van der Waals surface area contributed by atoms with Crippen molar-refractivity contribution in [1.29, 1.82) is 10.5 Å². The average Bonchev–Trinajstić information content (AvgIpc) is 2.62. The maximum Gasteiger partial charge on any atom is 0.149 e. The monoisotopic (exact) mass is 339 g/mol. The maximum absolute atomic E-state index is 9.73. The predicted molar refractivity (Wildman–Crippen MR) is 91.6 cm³/mol. The van der Waals surface area contributed by atoms with Crippen molar-refractivity contribution in [1.82, 2.24) is 4.98 Å². The van der Waals surface area contributed by atoms with Crippen LogP contribution in [0.25, 0.3) is 11.1 Å². The number of nitrogens with zero attached hydrogens (tertiary/aromatic N) is 4. The summed E-state index contributed by atoms with van der Waals surface area (Å²) in [5, 5.41) is 19.8. The fourth-order valence-corrected chi connectivity index (χ4v) is 2.85. The topological polar surface area (TPSA) is 99.0 Å². The first kappa shape index (κ1) is 16.1. The Morgan fingerprint density at radius 3 is 2.29 bits per heavy atom. The lowest BCUT2D eigenvalue weighted by Crippen LogP contribution is -2.37. The van der Waals surface area contributed by atoms with E-state index in [1.165, 1.54) is 0 Å². The number of rotatable bonds is 2. The number of pyridine rings is 1. The van der Waals surface area contributed by atoms with Crippen LogP contribution < -0.4 is 10.6 Å². The van der Waals surface area contributed by atoms with Crippen LogP contribution in [-0.4, -0.2) is 31.3 Å². The van der Waals surface area contributed by atoms with Crippen LogP contribution in [0.3, 0.4) is 0 Å². The number of aromatic nitrogens is 1. The van der Waals surface area contributed by atoms with Gasteiger partial charge in [0.15, 0.2) is 0 Å². The normalized spacial score (nSPS) is 14.0. The third kappa shape index (κ3) is 2.85. The molecule has 1 aliphatic rings. The first-order valence-corrected chi connectivity index (χ1v) is 7.75. The Morgan fingerprint density at radius 2 is 1.71 bits per heavy atom. The zero-order valence-corrected chi connectivity index (χ0v) is 13.5. The van der Waals surface area contributed by atoms with Crippen molar-refractivity contribution in [2.75, 3.05) is 36.9 Å². The Morgan fingerprint density at radius 1 is 1.08 bits per heavy atom. The molecule has 24 heavy (non-hydrogen) atoms. The highest BCUT2D eigenvalue weighted by Gasteiger charge is 2.24. The van der Waals surface area contributed by atoms with Gasteiger partial charge in [0.2, 0.25) is 0 Å². The molecule has 120 valence electrons. The Labute approximate surface area is 144 Å². The molecular formula is C17H14ClN5O. The van der Waals surface area contributed by atoms with Gasteiger partial charge in [-0.3, -0.25) is 0 Å². The SMILES string of the molecule is N#Cc1c(N)nc(N2CCOCC2)c(C#N)c1-c1ccc(Cl)cc1. The maximum atomic E-state index is 9.73. The lowest BCUT2D eigenvalue weighted by atomic mass is 9.95. The lowest BCUT2D eigenvalue weighted by Gasteiger charge is -2.29. The standard InChI is InChI=1S/C17H14ClN5O/c18-12-3-1-11(2-4-12)15-13(9-19)16(21)22-17(14(15)10-20)23-5-7-24-8-6-23/h1-4H,5-8H2,(H2,21,22). The third-order valence-corrected chi connectivity index (χ3v) is 4.13. The van der Waals surface area contributed by atoms with Crippen LogP contribution in [0, 0.1) is 22.7 Å². The zero-order chi connectivity index (χ0) is 17.1. The molecule has 2 aromatic rings. The van der Waals surface area contributed by atoms with Gasteiger partial charge in [-0.2, -0.15) is 10.5 Å². The first-order chi connectivity index (χ1) is 11.7. The summed E-state index contributed by atoms with van der Waals surface area (Å²) >= 11 is 5.94. The highest BCUT2D eigenvalue weighted by Crippen LogP contribution is 2.36. The van der Waals surface area contributed by atoms with E-state index < -0.39 is 0 Å². The molecule has 7 heteroatoms. The fourth-order valence-electron chi connectivity index (χ4n) is 2.72. The molecule has 6 nitrogen and oxygen atoms in total. The van der Waals surface area contributed by atoms with Crippen molar-refractivity contribution in [2.24, 2.45) is 0 Å². The molecule has 2 N–H and O–H groups in total. The largest absolute Gasteiger partial charge is 0.383 e. The second-order valence-electron chi connectivity index (χ2n) is 5.28. The van der Waals surface area contributed by atoms with Crippen molar-refractivity contribution in [3.8, 4) is 23.3 Å². The van der Waals surface area contributed by atoms with Crippen molar-refractivity contribution in [3.63, 3.8) is 0 Å². The van der Waals surface area contributed by atoms with E-state index in [-0.39, 0.29) is 11.4 Å². The summed E-state index contributed by atoms with van der Waals surface area (Å²) in [6.45, 7) is 2.35. The Balaban J connectivity index is 2.25. The number of ether oxygens (including phenoxy) is 1. The molecule has 1 saturated heterocycles. The number of benzene rings is 1. The molecule has 0 unspecified atom stereocenters. The summed E-state index contributed by atoms with van der Waals surface area (Å²) in [5.74, 6) is 0.602. The van der Waals surface area contributed by atoms with Crippen molar-refractivity contribution in [2.45, 2.75) is 0 Å². The summed E-state index contributed by atoms with van der Waals surface area (Å²) in [7, 11) is 0. The quantitative estimate of drug-likeness (QED) is 0.902. The predicted octanol–water partition coefficient (Wildman–Crippen LogP) is 2.56. The highest BCUT2D eigenvalue weighted by atomic mass is 35.5. The van der Waals surface area contributed by atoms with E-state index >= 15 is 0 Å². The molecule has 0 saturated carbocycles. The number of halogens is 1. The lowest BCUT2D eigenvalue weighted by molar-refractivity contribution is 0.122. The molecule has 0 amide bonds. The Bertz CT molecular complexity index is 845. The number of nitrogen functional groups attached to an aromatic ring is 1. The fraction of sp³-hybridized carbons (Fsp3) is 0.235. The molecule has 1 aromatic carbocycles. The van der Waals surface area contributed by atoms with Crippen LogP contribution in [0.15, 0.2) is 24.3 Å². The van der Waals surface area contributed by atoms with Crippen LogP contribution in [0.1, 0.15) is 11.1 Å². The van der Waals surface area contributed by atoms with Gasteiger partial charge >= 0.3 is 0 Å². The number of morpholine rings is 1. The van der Waals surface area contributed by atoms with Crippen LogP contribution >= 0.6 is 11.6 Å². The average molecular weight is 340 g/mol. The van der Waals surface area contributed by atoms with Crippen molar-refractivity contribution in [3.05, 3.63) is 40.4 Å². The smallest absolute Gasteiger partial charge is 0.149 e. The van der Waals surface area contributed by atoms with Crippen LogP contribution in [0.2, 0.25) is 5.02 Å². The minimum atomic E-state index is 0.114. The number of hydrogen-bond donors (Lipinski definition) is 1. The molecule has 2 heterocycles. The van der Waals surface area contributed by atoms with Gasteiger partial charge in [0.05, 0.1) is 13.2 Å². The molecule has 1 fully saturated rings. The number of nitrogens with two attached hydrogens (primary N) is 1. The number of nitriles is 2. The van der Waals surface area contributed by atoms with Crippen molar-refractivity contribution >= 4 is 23.2 Å². The summed E-state index contributed by atoms with van der Waals surface area (Å²) in [6, 6.07) is 11.2. The molecule has 0 radical (unpaired) electrons. The van der Waals surface area contributed by atoms with Gasteiger partial charge in [-0.15, -0.1) is 0 Å². The van der Waals surface area contributed by atoms with Crippen molar-refractivity contribution < 1.29 is 4.74 Å². The second-order valence-corrected chi connectivity index (χ2v) is 5.71. The van der Waals surface area contributed by atoms with E-state index in [4.69, 9.17) is 22.1 Å². The molecule has 0 aliphatic carbocycles. The third-order valence-electron chi connectivity index (χ3n) is 3.87. The molecule has 1 aliphatic heterocycles. The van der Waals surface area contributed by atoms with Gasteiger partial charge in [0, 0.05) is 23.7 Å². The van der Waals surface area contributed by atoms with Gasteiger partial charge in [0.1, 0.15) is 34.9 Å². The minimum Gasteiger partial charge on any atom is -0.383 e. The number of anilines is 2. The molecule has 0 atom stereocenters. The van der Waals surface area contributed by atoms with Gasteiger partial charge < -0.3 is 15.4 Å². The summed E-state index contributed by atoms with van der Waals surface area (Å²) in [5.41, 5.74) is 7.74. The molecular weight excluding hydrogens is 326 g/mol. The highest BCUT2D eigenvalue weighted by molar-refractivity contribution is 6.30. The zero-order valence-electron chi connectivity index (χ0n) is 12.8. The van der Waals surface area contributed by atoms with E-state index in [1.54, 1.807) is 24.3 Å². The summed E-state index contributed by atoms with van der Waals surface area (Å²) in [6.07, 6.45) is 0. The summed E-state index contributed by atoms with van der Waals surface area (Å²) in [4.78, 5) is 6.28. The van der Waals surface area contributed by atoms with Gasteiger partial charge in [0.25, 0.3) is 0 Å². The van der Waals surface area contributed by atoms with Gasteiger partial charge in [-0.05, 0) is 17.7 Å². The van der Waals surface area contributed by atoms with Gasteiger partial charge in [-0.25, -0.2) is 4.98 Å². The van der Waals surface area contributed by atoms with E-state index in [1.807, 2.05) is 4.90 Å². The number of hydrogen-bond acceptors (Lipinski definition) is 6. The van der Waals surface area contributed by atoms with Crippen LogP contribution in [0.5, 0.6) is 0 Å². The summed E-state index contributed by atoms with van der Waals surface area (Å²) < 4.78 is 5.35. The minimum absolute atomic E-state index is 0.114. The molecule has 0 spiro atoms. The molecule has 1 aromatic heterocycles. The molecule has 3 rings (SSSR count).